The molecule has 1 saturated carbocycles. The van der Waals surface area contributed by atoms with Gasteiger partial charge in [0.2, 0.25) is 5.88 Å². The number of rotatable bonds is 5. The molecule has 1 aromatic carbocycles. The summed E-state index contributed by atoms with van der Waals surface area (Å²) in [4.78, 5) is 16.5. The van der Waals surface area contributed by atoms with Crippen LogP contribution in [0, 0.1) is 0 Å². The molecule has 5 aromatic rings. The van der Waals surface area contributed by atoms with Gasteiger partial charge in [-0.1, -0.05) is 18.2 Å². The maximum Gasteiger partial charge on any atom is 0.433 e. The van der Waals surface area contributed by atoms with E-state index in [0.29, 0.717) is 27.9 Å². The molecule has 0 bridgehead atoms. The lowest BCUT2D eigenvalue weighted by atomic mass is 10.0. The molecule has 0 spiro atoms. The molecule has 1 fully saturated rings. The van der Waals surface area contributed by atoms with Crippen molar-refractivity contribution in [2.24, 2.45) is 0 Å². The fraction of sp³-hybridized carbons (Fsp3) is 0.240. The molecule has 36 heavy (non-hydrogen) atoms. The maximum absolute atomic E-state index is 13.2. The number of alkyl halides is 3. The Morgan fingerprint density at radius 2 is 1.81 bits per heavy atom. The van der Waals surface area contributed by atoms with Crippen LogP contribution in [0.2, 0.25) is 0 Å². The van der Waals surface area contributed by atoms with Gasteiger partial charge in [0, 0.05) is 35.7 Å². The second-order valence-electron chi connectivity index (χ2n) is 8.58. The minimum absolute atomic E-state index is 0.128. The number of nitrogens with zero attached hydrogens (tertiary/aromatic N) is 6. The first-order valence-corrected chi connectivity index (χ1v) is 11.1. The number of pyridine rings is 1. The molecular weight excluding hydrogens is 473 g/mol. The number of methoxy groups -OCH3 is 2. The van der Waals surface area contributed by atoms with Crippen LogP contribution < -0.4 is 9.47 Å². The molecule has 0 aliphatic heterocycles. The molecule has 4 heterocycles. The van der Waals surface area contributed by atoms with E-state index in [0.717, 1.165) is 29.3 Å². The van der Waals surface area contributed by atoms with E-state index in [-0.39, 0.29) is 17.8 Å². The Morgan fingerprint density at radius 3 is 2.58 bits per heavy atom. The zero-order valence-electron chi connectivity index (χ0n) is 19.2. The standard InChI is InChI=1S/C25H19F3N6O2/c1-35-23-19(12-31-24(32-23)36-2)20-10-18(22-29-5-6-34(22)33-20)17-9-16(17)13-3-4-14-11-30-21(25(26,27)28)8-15(14)7-13/h3-8,10-12,16-17H,9H2,1-2H3. The second-order valence-corrected chi connectivity index (χ2v) is 8.58. The van der Waals surface area contributed by atoms with Crippen molar-refractivity contribution >= 4 is 16.4 Å². The number of aromatic nitrogens is 6. The molecule has 4 aromatic heterocycles. The summed E-state index contributed by atoms with van der Waals surface area (Å²) in [6.45, 7) is 0. The lowest BCUT2D eigenvalue weighted by Crippen LogP contribution is -2.07. The second kappa shape index (κ2) is 8.14. The lowest BCUT2D eigenvalue weighted by molar-refractivity contribution is -0.141. The quantitative estimate of drug-likeness (QED) is 0.340. The van der Waals surface area contributed by atoms with Crippen molar-refractivity contribution in [3.63, 3.8) is 0 Å². The van der Waals surface area contributed by atoms with Crippen LogP contribution in [0.3, 0.4) is 0 Å². The summed E-state index contributed by atoms with van der Waals surface area (Å²) in [5.41, 5.74) is 3.00. The number of benzene rings is 1. The van der Waals surface area contributed by atoms with E-state index in [2.05, 4.69) is 25.0 Å². The zero-order chi connectivity index (χ0) is 25.0. The van der Waals surface area contributed by atoms with Gasteiger partial charge in [0.25, 0.3) is 0 Å². The summed E-state index contributed by atoms with van der Waals surface area (Å²) < 4.78 is 51.7. The number of halogens is 3. The Bertz CT molecular complexity index is 1620. The Morgan fingerprint density at radius 1 is 0.944 bits per heavy atom. The largest absolute Gasteiger partial charge is 0.480 e. The third kappa shape index (κ3) is 3.76. The first kappa shape index (κ1) is 22.2. The highest BCUT2D eigenvalue weighted by molar-refractivity contribution is 5.83. The normalized spacial score (nSPS) is 17.5. The maximum atomic E-state index is 13.2. The van der Waals surface area contributed by atoms with Gasteiger partial charge in [-0.25, -0.2) is 14.5 Å². The van der Waals surface area contributed by atoms with Gasteiger partial charge in [0.05, 0.1) is 25.5 Å². The molecule has 2 unspecified atom stereocenters. The van der Waals surface area contributed by atoms with Gasteiger partial charge >= 0.3 is 12.2 Å². The number of imidazole rings is 1. The monoisotopic (exact) mass is 492 g/mol. The van der Waals surface area contributed by atoms with Crippen molar-refractivity contribution in [3.05, 3.63) is 71.9 Å². The van der Waals surface area contributed by atoms with Crippen LogP contribution in [-0.2, 0) is 6.18 Å². The summed E-state index contributed by atoms with van der Waals surface area (Å²) in [5, 5.41) is 5.83. The molecule has 11 heteroatoms. The smallest absolute Gasteiger partial charge is 0.433 e. The molecule has 0 saturated heterocycles. The summed E-state index contributed by atoms with van der Waals surface area (Å²) >= 11 is 0. The molecule has 2 atom stereocenters. The van der Waals surface area contributed by atoms with E-state index in [1.54, 1.807) is 23.1 Å². The van der Waals surface area contributed by atoms with E-state index in [1.165, 1.54) is 20.4 Å². The van der Waals surface area contributed by atoms with Crippen LogP contribution in [0.1, 0.15) is 35.1 Å². The van der Waals surface area contributed by atoms with Crippen molar-refractivity contribution < 1.29 is 22.6 Å². The van der Waals surface area contributed by atoms with Gasteiger partial charge in [-0.3, -0.25) is 4.98 Å². The van der Waals surface area contributed by atoms with E-state index in [9.17, 15) is 13.2 Å². The summed E-state index contributed by atoms with van der Waals surface area (Å²) in [7, 11) is 2.99. The lowest BCUT2D eigenvalue weighted by Gasteiger charge is -2.11. The molecule has 1 aliphatic rings. The van der Waals surface area contributed by atoms with E-state index >= 15 is 0 Å². The first-order chi connectivity index (χ1) is 17.4. The predicted molar refractivity (Wildman–Crippen MR) is 124 cm³/mol. The molecule has 8 nitrogen and oxygen atoms in total. The van der Waals surface area contributed by atoms with Gasteiger partial charge in [0.15, 0.2) is 5.65 Å². The van der Waals surface area contributed by atoms with Crippen molar-refractivity contribution in [2.75, 3.05) is 14.2 Å². The average Bonchev–Trinajstić information content (AvgIpc) is 3.54. The number of fused-ring (bicyclic) bond motifs is 2. The van der Waals surface area contributed by atoms with Crippen LogP contribution in [0.25, 0.3) is 27.7 Å². The van der Waals surface area contributed by atoms with Gasteiger partial charge in [-0.2, -0.15) is 23.3 Å². The van der Waals surface area contributed by atoms with Crippen LogP contribution in [-0.4, -0.2) is 43.8 Å². The van der Waals surface area contributed by atoms with Crippen molar-refractivity contribution in [1.82, 2.24) is 29.5 Å². The minimum Gasteiger partial charge on any atom is -0.480 e. The fourth-order valence-corrected chi connectivity index (χ4v) is 4.58. The van der Waals surface area contributed by atoms with E-state index in [4.69, 9.17) is 9.47 Å². The number of ether oxygens (including phenoxy) is 2. The molecule has 182 valence electrons. The average molecular weight is 492 g/mol. The van der Waals surface area contributed by atoms with Crippen LogP contribution in [0.15, 0.2) is 55.1 Å². The van der Waals surface area contributed by atoms with Crippen LogP contribution in [0.4, 0.5) is 13.2 Å². The molecule has 6 rings (SSSR count). The van der Waals surface area contributed by atoms with Gasteiger partial charge in [0.1, 0.15) is 5.69 Å². The Kier molecular flexibility index (Phi) is 5.02. The van der Waals surface area contributed by atoms with Crippen molar-refractivity contribution in [2.45, 2.75) is 24.4 Å². The van der Waals surface area contributed by atoms with Crippen LogP contribution >= 0.6 is 0 Å². The zero-order valence-corrected chi connectivity index (χ0v) is 19.2. The molecule has 1 aliphatic carbocycles. The SMILES string of the molecule is COc1ncc(-c2cc(C3CC3c3ccc4cnc(C(F)(F)F)cc4c3)c3nccn3n2)c(OC)n1. The number of hydrogen-bond donors (Lipinski definition) is 0. The Hall–Kier alpha value is -4.28. The van der Waals surface area contributed by atoms with Gasteiger partial charge in [-0.15, -0.1) is 0 Å². The van der Waals surface area contributed by atoms with E-state index < -0.39 is 11.9 Å². The number of hydrogen-bond acceptors (Lipinski definition) is 7. The molecular formula is C25H19F3N6O2. The third-order valence-electron chi connectivity index (χ3n) is 6.43. The fourth-order valence-electron chi connectivity index (χ4n) is 4.58. The summed E-state index contributed by atoms with van der Waals surface area (Å²) in [5.74, 6) is 0.598. The van der Waals surface area contributed by atoms with E-state index in [1.807, 2.05) is 24.3 Å². The van der Waals surface area contributed by atoms with Gasteiger partial charge < -0.3 is 9.47 Å². The predicted octanol–water partition coefficient (Wildman–Crippen LogP) is 5.04. The Balaban J connectivity index is 1.39. The van der Waals surface area contributed by atoms with Gasteiger partial charge in [-0.05, 0) is 41.3 Å². The molecule has 0 amide bonds. The van der Waals surface area contributed by atoms with Crippen LogP contribution in [0.5, 0.6) is 11.9 Å². The van der Waals surface area contributed by atoms with Crippen molar-refractivity contribution in [3.8, 4) is 23.1 Å². The summed E-state index contributed by atoms with van der Waals surface area (Å²) in [6.07, 6.45) is 2.65. The molecule has 0 radical (unpaired) electrons. The summed E-state index contributed by atoms with van der Waals surface area (Å²) in [6, 6.07) is 8.82. The first-order valence-electron chi connectivity index (χ1n) is 11.1. The van der Waals surface area contributed by atoms with Crippen molar-refractivity contribution in [1.29, 1.82) is 0 Å². The minimum atomic E-state index is -4.49. The topological polar surface area (TPSA) is 87.3 Å². The third-order valence-corrected chi connectivity index (χ3v) is 6.43. The molecule has 0 N–H and O–H groups in total. The highest BCUT2D eigenvalue weighted by Crippen LogP contribution is 2.56. The highest BCUT2D eigenvalue weighted by atomic mass is 19.4. The Labute approximate surface area is 202 Å². The highest BCUT2D eigenvalue weighted by Gasteiger charge is 2.41.